The number of piperidine rings is 1. The molecule has 2 aromatic rings. The molecule has 0 spiro atoms. The number of benzene rings is 1. The number of aromatic nitrogens is 2. The Morgan fingerprint density at radius 1 is 1.27 bits per heavy atom. The molecule has 1 aliphatic rings. The number of amides is 1. The van der Waals surface area contributed by atoms with Gasteiger partial charge in [-0.05, 0) is 25.0 Å². The number of carbonyl (C=O) groups is 1. The van der Waals surface area contributed by atoms with Crippen molar-refractivity contribution in [3.63, 3.8) is 0 Å². The van der Waals surface area contributed by atoms with E-state index < -0.39 is 0 Å². The zero-order valence-electron chi connectivity index (χ0n) is 12.8. The minimum atomic E-state index is 0.0606. The first-order valence-electron chi connectivity index (χ1n) is 7.40. The topological polar surface area (TPSA) is 68.5 Å². The summed E-state index contributed by atoms with van der Waals surface area (Å²) in [6.07, 6.45) is 2.05. The highest BCUT2D eigenvalue weighted by atomic mass is 16.5. The molecule has 0 radical (unpaired) electrons. The summed E-state index contributed by atoms with van der Waals surface area (Å²) in [6, 6.07) is 7.32. The van der Waals surface area contributed by atoms with Gasteiger partial charge < -0.3 is 14.2 Å². The van der Waals surface area contributed by atoms with Gasteiger partial charge in [-0.15, -0.1) is 0 Å². The Bertz CT molecular complexity index is 643. The van der Waals surface area contributed by atoms with E-state index in [1.807, 2.05) is 29.2 Å². The van der Waals surface area contributed by atoms with Crippen LogP contribution in [-0.2, 0) is 4.74 Å². The number of ether oxygens (including phenoxy) is 1. The number of methoxy groups -OCH3 is 1. The van der Waals surface area contributed by atoms with Crippen LogP contribution in [0.2, 0.25) is 0 Å². The van der Waals surface area contributed by atoms with Gasteiger partial charge in [-0.3, -0.25) is 4.79 Å². The molecule has 6 heteroatoms. The van der Waals surface area contributed by atoms with Crippen LogP contribution >= 0.6 is 0 Å². The molecule has 22 heavy (non-hydrogen) atoms. The Hall–Kier alpha value is -2.21. The molecule has 1 saturated heterocycles. The number of rotatable bonds is 3. The fourth-order valence-electron chi connectivity index (χ4n) is 2.66. The zero-order chi connectivity index (χ0) is 15.5. The van der Waals surface area contributed by atoms with Crippen LogP contribution in [0.15, 0.2) is 28.8 Å². The minimum absolute atomic E-state index is 0.0606. The summed E-state index contributed by atoms with van der Waals surface area (Å²) in [5.41, 5.74) is 1.52. The second-order valence-electron chi connectivity index (χ2n) is 5.44. The molecule has 1 aromatic heterocycles. The minimum Gasteiger partial charge on any atom is -0.381 e. The van der Waals surface area contributed by atoms with Crippen LogP contribution < -0.4 is 0 Å². The van der Waals surface area contributed by atoms with Crippen molar-refractivity contribution in [1.29, 1.82) is 0 Å². The highest BCUT2D eigenvalue weighted by Gasteiger charge is 2.23. The molecule has 0 unspecified atom stereocenters. The molecule has 2 heterocycles. The lowest BCUT2D eigenvalue weighted by Gasteiger charge is -2.31. The first-order chi connectivity index (χ1) is 10.7. The Kier molecular flexibility index (Phi) is 4.20. The summed E-state index contributed by atoms with van der Waals surface area (Å²) in [5, 5.41) is 3.87. The van der Waals surface area contributed by atoms with Gasteiger partial charge in [0.15, 0.2) is 0 Å². The normalized spacial score (nSPS) is 16.0. The maximum atomic E-state index is 12.5. The molecule has 0 N–H and O–H groups in total. The number of hydrogen-bond acceptors (Lipinski definition) is 5. The van der Waals surface area contributed by atoms with E-state index in [4.69, 9.17) is 9.26 Å². The predicted molar refractivity (Wildman–Crippen MR) is 80.4 cm³/mol. The van der Waals surface area contributed by atoms with Gasteiger partial charge in [0, 0.05) is 38.2 Å². The van der Waals surface area contributed by atoms with Crippen molar-refractivity contribution in [3.8, 4) is 11.4 Å². The van der Waals surface area contributed by atoms with Gasteiger partial charge in [0.1, 0.15) is 0 Å². The van der Waals surface area contributed by atoms with Gasteiger partial charge in [0.05, 0.1) is 6.10 Å². The number of aryl methyl sites for hydroxylation is 1. The second kappa shape index (κ2) is 6.27. The summed E-state index contributed by atoms with van der Waals surface area (Å²) in [4.78, 5) is 18.5. The fraction of sp³-hybridized carbons (Fsp3) is 0.438. The van der Waals surface area contributed by atoms with Crippen LogP contribution in [0, 0.1) is 6.92 Å². The van der Waals surface area contributed by atoms with Crippen molar-refractivity contribution >= 4 is 5.91 Å². The molecule has 1 aliphatic heterocycles. The van der Waals surface area contributed by atoms with Crippen molar-refractivity contribution in [2.24, 2.45) is 0 Å². The van der Waals surface area contributed by atoms with Crippen LogP contribution in [0.3, 0.4) is 0 Å². The highest BCUT2D eigenvalue weighted by molar-refractivity contribution is 5.94. The SMILES string of the molecule is COC1CCN(C(=O)c2ccc(-c3noc(C)n3)cc2)CC1. The molecule has 6 nitrogen and oxygen atoms in total. The molecular weight excluding hydrogens is 282 g/mol. The molecule has 1 fully saturated rings. The summed E-state index contributed by atoms with van der Waals surface area (Å²) < 4.78 is 10.3. The van der Waals surface area contributed by atoms with Crippen LogP contribution in [0.4, 0.5) is 0 Å². The average Bonchev–Trinajstić information content (AvgIpc) is 3.01. The molecular formula is C16H19N3O3. The second-order valence-corrected chi connectivity index (χ2v) is 5.44. The average molecular weight is 301 g/mol. The van der Waals surface area contributed by atoms with Crippen LogP contribution in [-0.4, -0.2) is 47.3 Å². The molecule has 0 aliphatic carbocycles. The van der Waals surface area contributed by atoms with Gasteiger partial charge in [-0.2, -0.15) is 4.98 Å². The first-order valence-corrected chi connectivity index (χ1v) is 7.40. The fourth-order valence-corrected chi connectivity index (χ4v) is 2.66. The molecule has 3 rings (SSSR count). The Labute approximate surface area is 129 Å². The third kappa shape index (κ3) is 3.01. The van der Waals surface area contributed by atoms with Gasteiger partial charge in [-0.1, -0.05) is 17.3 Å². The van der Waals surface area contributed by atoms with Gasteiger partial charge in [0.2, 0.25) is 11.7 Å². The molecule has 0 bridgehead atoms. The maximum absolute atomic E-state index is 12.5. The van der Waals surface area contributed by atoms with E-state index in [1.165, 1.54) is 0 Å². The highest BCUT2D eigenvalue weighted by Crippen LogP contribution is 2.19. The van der Waals surface area contributed by atoms with E-state index in [2.05, 4.69) is 10.1 Å². The van der Waals surface area contributed by atoms with Gasteiger partial charge >= 0.3 is 0 Å². The molecule has 0 atom stereocenters. The van der Waals surface area contributed by atoms with Crippen LogP contribution in [0.1, 0.15) is 29.1 Å². The number of likely N-dealkylation sites (tertiary alicyclic amines) is 1. The molecule has 0 saturated carbocycles. The summed E-state index contributed by atoms with van der Waals surface area (Å²) in [6.45, 7) is 3.23. The lowest BCUT2D eigenvalue weighted by Crippen LogP contribution is -2.40. The lowest BCUT2D eigenvalue weighted by molar-refractivity contribution is 0.0351. The first kappa shape index (κ1) is 14.7. The quantitative estimate of drug-likeness (QED) is 0.870. The number of carbonyl (C=O) groups excluding carboxylic acids is 1. The Morgan fingerprint density at radius 3 is 2.50 bits per heavy atom. The third-order valence-electron chi connectivity index (χ3n) is 3.98. The largest absolute Gasteiger partial charge is 0.381 e. The molecule has 1 aromatic carbocycles. The molecule has 116 valence electrons. The van der Waals surface area contributed by atoms with E-state index in [1.54, 1.807) is 14.0 Å². The van der Waals surface area contributed by atoms with Crippen molar-refractivity contribution in [3.05, 3.63) is 35.7 Å². The standard InChI is InChI=1S/C16H19N3O3/c1-11-17-15(18-22-11)12-3-5-13(6-4-12)16(20)19-9-7-14(21-2)8-10-19/h3-6,14H,7-10H2,1-2H3. The summed E-state index contributed by atoms with van der Waals surface area (Å²) in [7, 11) is 1.72. The van der Waals surface area contributed by atoms with Crippen molar-refractivity contribution in [2.45, 2.75) is 25.9 Å². The predicted octanol–water partition coefficient (Wildman–Crippen LogP) is 2.30. The van der Waals surface area contributed by atoms with Crippen molar-refractivity contribution in [2.75, 3.05) is 20.2 Å². The maximum Gasteiger partial charge on any atom is 0.253 e. The van der Waals surface area contributed by atoms with Gasteiger partial charge in [-0.25, -0.2) is 0 Å². The van der Waals surface area contributed by atoms with E-state index in [-0.39, 0.29) is 12.0 Å². The van der Waals surface area contributed by atoms with E-state index in [0.717, 1.165) is 31.5 Å². The third-order valence-corrected chi connectivity index (χ3v) is 3.98. The monoisotopic (exact) mass is 301 g/mol. The Morgan fingerprint density at radius 2 is 1.95 bits per heavy atom. The van der Waals surface area contributed by atoms with Gasteiger partial charge in [0.25, 0.3) is 5.91 Å². The zero-order valence-corrected chi connectivity index (χ0v) is 12.8. The molecule has 1 amide bonds. The smallest absolute Gasteiger partial charge is 0.253 e. The van der Waals surface area contributed by atoms with Crippen LogP contribution in [0.5, 0.6) is 0 Å². The number of hydrogen-bond donors (Lipinski definition) is 0. The van der Waals surface area contributed by atoms with Crippen molar-refractivity contribution < 1.29 is 14.1 Å². The summed E-state index contributed by atoms with van der Waals surface area (Å²) in [5.74, 6) is 1.12. The Balaban J connectivity index is 1.69. The lowest BCUT2D eigenvalue weighted by atomic mass is 10.1. The van der Waals surface area contributed by atoms with E-state index in [9.17, 15) is 4.79 Å². The number of nitrogens with zero attached hydrogens (tertiary/aromatic N) is 3. The van der Waals surface area contributed by atoms with Crippen LogP contribution in [0.25, 0.3) is 11.4 Å². The van der Waals surface area contributed by atoms with E-state index in [0.29, 0.717) is 17.3 Å². The van der Waals surface area contributed by atoms with Crippen molar-refractivity contribution in [1.82, 2.24) is 15.0 Å². The summed E-state index contributed by atoms with van der Waals surface area (Å²) >= 11 is 0. The van der Waals surface area contributed by atoms with E-state index >= 15 is 0 Å².